The third-order valence-electron chi connectivity index (χ3n) is 4.48. The van der Waals surface area contributed by atoms with E-state index in [-0.39, 0.29) is 30.3 Å². The Morgan fingerprint density at radius 1 is 1.23 bits per heavy atom. The Balaban J connectivity index is 0.00000338. The maximum Gasteiger partial charge on any atom is 0.223 e. The molecule has 0 aromatic heterocycles. The fourth-order valence-corrected chi connectivity index (χ4v) is 3.60. The normalized spacial score (nSPS) is 16.7. The van der Waals surface area contributed by atoms with Crippen molar-refractivity contribution in [3.63, 3.8) is 0 Å². The largest absolute Gasteiger partial charge is 0.354 e. The van der Waals surface area contributed by atoms with E-state index in [4.69, 9.17) is 28.9 Å². The van der Waals surface area contributed by atoms with Crippen LogP contribution in [0.3, 0.4) is 0 Å². The van der Waals surface area contributed by atoms with E-state index in [9.17, 15) is 9.59 Å². The Morgan fingerprint density at radius 3 is 2.69 bits per heavy atom. The van der Waals surface area contributed by atoms with Crippen molar-refractivity contribution in [1.82, 2.24) is 10.2 Å². The molecule has 1 fully saturated rings. The number of nitrogens with zero attached hydrogens (tertiary/aromatic N) is 1. The zero-order valence-corrected chi connectivity index (χ0v) is 17.0. The summed E-state index contributed by atoms with van der Waals surface area (Å²) < 4.78 is 0. The van der Waals surface area contributed by atoms with Crippen LogP contribution in [0.4, 0.5) is 0 Å². The average Bonchev–Trinajstić information content (AvgIpc) is 2.59. The van der Waals surface area contributed by atoms with Crippen molar-refractivity contribution in [3.8, 4) is 0 Å². The summed E-state index contributed by atoms with van der Waals surface area (Å²) in [7, 11) is 0. The first-order valence-electron chi connectivity index (χ1n) is 8.71. The fourth-order valence-electron chi connectivity index (χ4n) is 3.10. The molecule has 1 heterocycles. The van der Waals surface area contributed by atoms with Crippen LogP contribution >= 0.6 is 35.6 Å². The highest BCUT2D eigenvalue weighted by atomic mass is 35.5. The Labute approximate surface area is 171 Å². The van der Waals surface area contributed by atoms with Crippen LogP contribution in [0, 0.1) is 0 Å². The zero-order valence-electron chi connectivity index (χ0n) is 14.7. The van der Waals surface area contributed by atoms with Gasteiger partial charge in [0.25, 0.3) is 0 Å². The van der Waals surface area contributed by atoms with Gasteiger partial charge in [0, 0.05) is 48.6 Å². The number of carbonyl (C=O) groups is 2. The van der Waals surface area contributed by atoms with E-state index < -0.39 is 0 Å². The van der Waals surface area contributed by atoms with Crippen LogP contribution in [0.25, 0.3) is 0 Å². The molecule has 1 unspecified atom stereocenters. The van der Waals surface area contributed by atoms with Crippen LogP contribution in [-0.2, 0) is 16.0 Å². The number of carbonyl (C=O) groups excluding carboxylic acids is 2. The van der Waals surface area contributed by atoms with Crippen LogP contribution in [0.1, 0.15) is 37.7 Å². The smallest absolute Gasteiger partial charge is 0.223 e. The molecule has 8 heteroatoms. The number of hydrogen-bond donors (Lipinski definition) is 2. The summed E-state index contributed by atoms with van der Waals surface area (Å²) >= 11 is 12.1. The molecule has 1 aliphatic heterocycles. The minimum Gasteiger partial charge on any atom is -0.354 e. The zero-order chi connectivity index (χ0) is 18.2. The maximum atomic E-state index is 12.7. The van der Waals surface area contributed by atoms with Gasteiger partial charge >= 0.3 is 0 Å². The molecule has 0 radical (unpaired) electrons. The summed E-state index contributed by atoms with van der Waals surface area (Å²) in [4.78, 5) is 26.2. The third-order valence-corrected chi connectivity index (χ3v) is 5.06. The van der Waals surface area contributed by atoms with Crippen molar-refractivity contribution in [3.05, 3.63) is 33.8 Å². The molecule has 2 rings (SSSR count). The molecule has 5 nitrogen and oxygen atoms in total. The molecule has 1 aromatic carbocycles. The maximum absolute atomic E-state index is 12.7. The number of benzene rings is 1. The topological polar surface area (TPSA) is 75.4 Å². The summed E-state index contributed by atoms with van der Waals surface area (Å²) in [5.74, 6) is 0.0391. The predicted octanol–water partition coefficient (Wildman–Crippen LogP) is 3.19. The summed E-state index contributed by atoms with van der Waals surface area (Å²) in [5.41, 5.74) is 6.31. The molecule has 0 spiro atoms. The SMILES string of the molecule is Cl.NCCC(=O)NCC1CCCCN1C(=O)CCc1ccc(Cl)cc1Cl. The number of hydrogen-bond acceptors (Lipinski definition) is 3. The van der Waals surface area contributed by atoms with Gasteiger partial charge in [0.2, 0.25) is 11.8 Å². The van der Waals surface area contributed by atoms with E-state index >= 15 is 0 Å². The molecule has 2 amide bonds. The van der Waals surface area contributed by atoms with Gasteiger partial charge in [-0.2, -0.15) is 0 Å². The van der Waals surface area contributed by atoms with Gasteiger partial charge < -0.3 is 16.0 Å². The van der Waals surface area contributed by atoms with E-state index in [1.54, 1.807) is 12.1 Å². The van der Waals surface area contributed by atoms with Gasteiger partial charge in [-0.15, -0.1) is 12.4 Å². The van der Waals surface area contributed by atoms with Crippen molar-refractivity contribution in [1.29, 1.82) is 0 Å². The molecule has 0 aliphatic carbocycles. The molecular weight excluding hydrogens is 397 g/mol. The minimum atomic E-state index is -0.0616. The predicted molar refractivity (Wildman–Crippen MR) is 108 cm³/mol. The van der Waals surface area contributed by atoms with E-state index in [2.05, 4.69) is 5.32 Å². The fraction of sp³-hybridized carbons (Fsp3) is 0.556. The van der Waals surface area contributed by atoms with Crippen molar-refractivity contribution in [2.24, 2.45) is 5.73 Å². The Hall–Kier alpha value is -1.01. The number of amides is 2. The first-order valence-corrected chi connectivity index (χ1v) is 9.47. The number of aryl methyl sites for hydroxylation is 1. The summed E-state index contributed by atoms with van der Waals surface area (Å²) in [5, 5.41) is 4.05. The minimum absolute atomic E-state index is 0. The number of nitrogens with one attached hydrogen (secondary N) is 1. The lowest BCUT2D eigenvalue weighted by molar-refractivity contribution is -0.135. The van der Waals surface area contributed by atoms with Crippen molar-refractivity contribution < 1.29 is 9.59 Å². The van der Waals surface area contributed by atoms with Crippen molar-refractivity contribution in [2.45, 2.75) is 44.6 Å². The van der Waals surface area contributed by atoms with Crippen LogP contribution in [0.15, 0.2) is 18.2 Å². The average molecular weight is 423 g/mol. The molecule has 146 valence electrons. The third kappa shape index (κ3) is 6.95. The lowest BCUT2D eigenvalue weighted by atomic mass is 10.0. The van der Waals surface area contributed by atoms with Crippen LogP contribution < -0.4 is 11.1 Å². The molecule has 3 N–H and O–H groups in total. The second-order valence-electron chi connectivity index (χ2n) is 6.32. The van der Waals surface area contributed by atoms with Gasteiger partial charge in [0.05, 0.1) is 0 Å². The van der Waals surface area contributed by atoms with Gasteiger partial charge in [0.15, 0.2) is 0 Å². The second kappa shape index (κ2) is 11.7. The number of rotatable bonds is 7. The van der Waals surface area contributed by atoms with E-state index in [1.165, 1.54) is 0 Å². The molecule has 1 aliphatic rings. The number of likely N-dealkylation sites (tertiary alicyclic amines) is 1. The monoisotopic (exact) mass is 421 g/mol. The van der Waals surface area contributed by atoms with E-state index in [0.717, 1.165) is 31.4 Å². The lowest BCUT2D eigenvalue weighted by Gasteiger charge is -2.36. The number of piperidine rings is 1. The van der Waals surface area contributed by atoms with Crippen LogP contribution in [0.2, 0.25) is 10.0 Å². The van der Waals surface area contributed by atoms with Gasteiger partial charge in [-0.1, -0.05) is 29.3 Å². The Morgan fingerprint density at radius 2 is 2.00 bits per heavy atom. The number of halogens is 3. The van der Waals surface area contributed by atoms with Crippen molar-refractivity contribution >= 4 is 47.4 Å². The molecule has 26 heavy (non-hydrogen) atoms. The summed E-state index contributed by atoms with van der Waals surface area (Å²) in [6.07, 6.45) is 4.28. The Kier molecular flexibility index (Phi) is 10.3. The number of nitrogens with two attached hydrogens (primary N) is 1. The molecule has 0 bridgehead atoms. The first-order chi connectivity index (χ1) is 12.0. The van der Waals surface area contributed by atoms with Crippen LogP contribution in [0.5, 0.6) is 0 Å². The quantitative estimate of drug-likeness (QED) is 0.708. The highest BCUT2D eigenvalue weighted by molar-refractivity contribution is 6.35. The molecule has 1 saturated heterocycles. The van der Waals surface area contributed by atoms with Gasteiger partial charge in [-0.25, -0.2) is 0 Å². The highest BCUT2D eigenvalue weighted by Crippen LogP contribution is 2.23. The van der Waals surface area contributed by atoms with Crippen molar-refractivity contribution in [2.75, 3.05) is 19.6 Å². The summed E-state index contributed by atoms with van der Waals surface area (Å²) in [6, 6.07) is 5.39. The standard InChI is InChI=1S/C18H25Cl2N3O2.ClH/c19-14-6-4-13(16(20)11-14)5-7-18(25)23-10-2-1-3-15(23)12-22-17(24)8-9-21;/h4,6,11,15H,1-3,5,7-10,12,21H2,(H,22,24);1H. The molecular formula is C18H26Cl3N3O2. The first kappa shape index (κ1) is 23.0. The molecule has 1 aromatic rings. The lowest BCUT2D eigenvalue weighted by Crippen LogP contribution is -2.49. The molecule has 1 atom stereocenters. The molecule has 0 saturated carbocycles. The van der Waals surface area contributed by atoms with E-state index in [1.807, 2.05) is 11.0 Å². The summed E-state index contributed by atoms with van der Waals surface area (Å²) in [6.45, 7) is 1.57. The van der Waals surface area contributed by atoms with Gasteiger partial charge in [-0.05, 0) is 43.4 Å². The van der Waals surface area contributed by atoms with Gasteiger partial charge in [0.1, 0.15) is 0 Å². The van der Waals surface area contributed by atoms with Gasteiger partial charge in [-0.3, -0.25) is 9.59 Å². The highest BCUT2D eigenvalue weighted by Gasteiger charge is 2.26. The Bertz CT molecular complexity index is 613. The van der Waals surface area contributed by atoms with Crippen LogP contribution in [-0.4, -0.2) is 42.4 Å². The second-order valence-corrected chi connectivity index (χ2v) is 7.16. The van der Waals surface area contributed by atoms with E-state index in [0.29, 0.717) is 42.4 Å².